The molecule has 1 aliphatic rings. The third kappa shape index (κ3) is 6.23. The molecule has 35 heavy (non-hydrogen) atoms. The maximum Gasteiger partial charge on any atom is 0.227 e. The van der Waals surface area contributed by atoms with Gasteiger partial charge in [-0.1, -0.05) is 0 Å². The number of benzene rings is 1. The van der Waals surface area contributed by atoms with Crippen molar-refractivity contribution >= 4 is 35.0 Å². The van der Waals surface area contributed by atoms with E-state index in [9.17, 15) is 9.59 Å². The lowest BCUT2D eigenvalue weighted by molar-refractivity contribution is -0.126. The topological polar surface area (TPSA) is 121 Å². The van der Waals surface area contributed by atoms with E-state index in [1.165, 1.54) is 0 Å². The summed E-state index contributed by atoms with van der Waals surface area (Å²) in [5.41, 5.74) is 1.86. The van der Waals surface area contributed by atoms with Gasteiger partial charge in [0.2, 0.25) is 11.8 Å². The molecule has 1 unspecified atom stereocenters. The normalized spacial score (nSPS) is 15.1. The molecule has 10 nitrogen and oxygen atoms in total. The number of aromatic nitrogens is 3. The van der Waals surface area contributed by atoms with E-state index in [2.05, 4.69) is 30.9 Å². The molecule has 0 aliphatic carbocycles. The first-order valence-corrected chi connectivity index (χ1v) is 11.4. The molecule has 182 valence electrons. The van der Waals surface area contributed by atoms with Crippen LogP contribution >= 0.6 is 0 Å². The first-order valence-electron chi connectivity index (χ1n) is 11.4. The van der Waals surface area contributed by atoms with E-state index in [1.807, 2.05) is 38.1 Å². The van der Waals surface area contributed by atoms with E-state index in [0.29, 0.717) is 42.9 Å². The number of nitrogens with zero attached hydrogens (tertiary/aromatic N) is 4. The summed E-state index contributed by atoms with van der Waals surface area (Å²) in [5.74, 6) is 2.72. The number of anilines is 4. The van der Waals surface area contributed by atoms with Crippen molar-refractivity contribution in [2.45, 2.75) is 20.3 Å². The SMILES string of the molecule is COc1ccc(N2CC(C(=O)NCCNc3cc(Nc4cc(C)ccn4)nc(C)n3)CC2=O)cc1. The standard InChI is InChI=1S/C25H29N7O3/c1-16-8-9-26-21(12-16)31-23-14-22(29-17(2)30-23)27-10-11-28-25(34)18-13-24(33)32(15-18)19-4-6-20(35-3)7-5-19/h4-9,12,14,18H,10-11,13,15H2,1-3H3,(H,28,34)(H2,26,27,29,30,31). The summed E-state index contributed by atoms with van der Waals surface area (Å²) >= 11 is 0. The van der Waals surface area contributed by atoms with Crippen molar-refractivity contribution in [2.75, 3.05) is 42.3 Å². The van der Waals surface area contributed by atoms with Crippen LogP contribution in [-0.2, 0) is 9.59 Å². The van der Waals surface area contributed by atoms with Crippen molar-refractivity contribution in [2.24, 2.45) is 5.92 Å². The first-order chi connectivity index (χ1) is 16.9. The third-order valence-electron chi connectivity index (χ3n) is 5.62. The van der Waals surface area contributed by atoms with Crippen LogP contribution < -0.4 is 25.6 Å². The van der Waals surface area contributed by atoms with Crippen LogP contribution in [0.25, 0.3) is 0 Å². The van der Waals surface area contributed by atoms with Gasteiger partial charge in [0, 0.05) is 44.0 Å². The fourth-order valence-corrected chi connectivity index (χ4v) is 3.87. The Morgan fingerprint density at radius 3 is 2.57 bits per heavy atom. The van der Waals surface area contributed by atoms with Crippen molar-refractivity contribution in [3.8, 4) is 5.75 Å². The summed E-state index contributed by atoms with van der Waals surface area (Å²) in [6.07, 6.45) is 1.93. The van der Waals surface area contributed by atoms with Gasteiger partial charge in [-0.25, -0.2) is 15.0 Å². The Bertz CT molecular complexity index is 1200. The molecule has 2 amide bonds. The first kappa shape index (κ1) is 23.9. The van der Waals surface area contributed by atoms with Crippen LogP contribution in [0.5, 0.6) is 5.75 Å². The van der Waals surface area contributed by atoms with E-state index < -0.39 is 0 Å². The van der Waals surface area contributed by atoms with Gasteiger partial charge in [0.15, 0.2) is 0 Å². The molecule has 0 saturated carbocycles. The molecule has 0 spiro atoms. The minimum atomic E-state index is -0.386. The quantitative estimate of drug-likeness (QED) is 0.404. The molecule has 2 aromatic heterocycles. The van der Waals surface area contributed by atoms with E-state index in [-0.39, 0.29) is 24.2 Å². The summed E-state index contributed by atoms with van der Waals surface area (Å²) in [6, 6.07) is 12.9. The molecule has 0 radical (unpaired) electrons. The Hall–Kier alpha value is -4.21. The Kier molecular flexibility index (Phi) is 7.39. The van der Waals surface area contributed by atoms with Crippen LogP contribution in [0.4, 0.5) is 23.1 Å². The van der Waals surface area contributed by atoms with Crippen molar-refractivity contribution in [3.05, 3.63) is 60.0 Å². The molecule has 1 atom stereocenters. The number of rotatable bonds is 9. The number of aryl methyl sites for hydroxylation is 2. The second-order valence-corrected chi connectivity index (χ2v) is 8.35. The van der Waals surface area contributed by atoms with Gasteiger partial charge in [-0.2, -0.15) is 0 Å². The predicted octanol–water partition coefficient (Wildman–Crippen LogP) is 2.82. The van der Waals surface area contributed by atoms with Crippen molar-refractivity contribution < 1.29 is 14.3 Å². The number of ether oxygens (including phenoxy) is 1. The van der Waals surface area contributed by atoms with Gasteiger partial charge in [0.05, 0.1) is 13.0 Å². The molecule has 1 aromatic carbocycles. The minimum Gasteiger partial charge on any atom is -0.497 e. The lowest BCUT2D eigenvalue weighted by atomic mass is 10.1. The zero-order valence-electron chi connectivity index (χ0n) is 20.0. The second kappa shape index (κ2) is 10.8. The zero-order valence-corrected chi connectivity index (χ0v) is 20.0. The summed E-state index contributed by atoms with van der Waals surface area (Å²) in [6.45, 7) is 5.05. The maximum absolute atomic E-state index is 12.6. The highest BCUT2D eigenvalue weighted by molar-refractivity contribution is 6.00. The van der Waals surface area contributed by atoms with Gasteiger partial charge in [0.25, 0.3) is 0 Å². The number of amides is 2. The average Bonchev–Trinajstić information content (AvgIpc) is 3.23. The van der Waals surface area contributed by atoms with Crippen molar-refractivity contribution in [3.63, 3.8) is 0 Å². The molecular formula is C25H29N7O3. The highest BCUT2D eigenvalue weighted by Crippen LogP contribution is 2.27. The van der Waals surface area contributed by atoms with Crippen LogP contribution in [-0.4, -0.2) is 53.5 Å². The summed E-state index contributed by atoms with van der Waals surface area (Å²) in [7, 11) is 1.59. The predicted molar refractivity (Wildman–Crippen MR) is 134 cm³/mol. The van der Waals surface area contributed by atoms with Crippen molar-refractivity contribution in [1.29, 1.82) is 0 Å². The van der Waals surface area contributed by atoms with E-state index in [0.717, 1.165) is 17.0 Å². The van der Waals surface area contributed by atoms with Gasteiger partial charge in [-0.3, -0.25) is 9.59 Å². The zero-order chi connectivity index (χ0) is 24.8. The third-order valence-corrected chi connectivity index (χ3v) is 5.62. The lowest BCUT2D eigenvalue weighted by Gasteiger charge is -2.17. The largest absolute Gasteiger partial charge is 0.497 e. The fraction of sp³-hybridized carbons (Fsp3) is 0.320. The fourth-order valence-electron chi connectivity index (χ4n) is 3.87. The molecule has 1 fully saturated rings. The Morgan fingerprint density at radius 2 is 1.83 bits per heavy atom. The van der Waals surface area contributed by atoms with Crippen LogP contribution in [0.2, 0.25) is 0 Å². The molecule has 3 aromatic rings. The highest BCUT2D eigenvalue weighted by Gasteiger charge is 2.34. The molecule has 3 heterocycles. The molecule has 3 N–H and O–H groups in total. The molecular weight excluding hydrogens is 446 g/mol. The van der Waals surface area contributed by atoms with Gasteiger partial charge in [0.1, 0.15) is 29.0 Å². The van der Waals surface area contributed by atoms with Gasteiger partial charge in [-0.15, -0.1) is 0 Å². The Morgan fingerprint density at radius 1 is 1.06 bits per heavy atom. The number of hydrogen-bond acceptors (Lipinski definition) is 8. The monoisotopic (exact) mass is 475 g/mol. The Labute approximate surface area is 204 Å². The number of pyridine rings is 1. The second-order valence-electron chi connectivity index (χ2n) is 8.35. The molecule has 0 bridgehead atoms. The van der Waals surface area contributed by atoms with E-state index >= 15 is 0 Å². The molecule has 4 rings (SSSR count). The van der Waals surface area contributed by atoms with Gasteiger partial charge in [-0.05, 0) is 55.8 Å². The maximum atomic E-state index is 12.6. The molecule has 10 heteroatoms. The smallest absolute Gasteiger partial charge is 0.227 e. The number of nitrogens with one attached hydrogen (secondary N) is 3. The number of carbonyl (C=O) groups excluding carboxylic acids is 2. The summed E-state index contributed by atoms with van der Waals surface area (Å²) in [5, 5.41) is 9.30. The summed E-state index contributed by atoms with van der Waals surface area (Å²) in [4.78, 5) is 39.8. The highest BCUT2D eigenvalue weighted by atomic mass is 16.5. The number of hydrogen-bond donors (Lipinski definition) is 3. The minimum absolute atomic E-state index is 0.0620. The van der Waals surface area contributed by atoms with E-state index in [4.69, 9.17) is 4.74 Å². The van der Waals surface area contributed by atoms with Crippen LogP contribution in [0.1, 0.15) is 17.8 Å². The molecule has 1 saturated heterocycles. The van der Waals surface area contributed by atoms with Gasteiger partial charge >= 0.3 is 0 Å². The Balaban J connectivity index is 1.26. The number of methoxy groups -OCH3 is 1. The van der Waals surface area contributed by atoms with Crippen LogP contribution in [0, 0.1) is 19.8 Å². The van der Waals surface area contributed by atoms with E-state index in [1.54, 1.807) is 36.4 Å². The molecule has 1 aliphatic heterocycles. The average molecular weight is 476 g/mol. The van der Waals surface area contributed by atoms with Gasteiger partial charge < -0.3 is 25.6 Å². The van der Waals surface area contributed by atoms with Crippen LogP contribution in [0.3, 0.4) is 0 Å². The lowest BCUT2D eigenvalue weighted by Crippen LogP contribution is -2.35. The van der Waals surface area contributed by atoms with Crippen LogP contribution in [0.15, 0.2) is 48.7 Å². The number of carbonyl (C=O) groups is 2. The van der Waals surface area contributed by atoms with Crippen molar-refractivity contribution in [1.82, 2.24) is 20.3 Å². The summed E-state index contributed by atoms with van der Waals surface area (Å²) < 4.78 is 5.16.